The molecule has 0 saturated carbocycles. The van der Waals surface area contributed by atoms with Gasteiger partial charge >= 0.3 is 0 Å². The molecule has 0 fully saturated rings. The van der Waals surface area contributed by atoms with E-state index in [0.717, 1.165) is 39.0 Å². The Morgan fingerprint density at radius 2 is 1.00 bits per heavy atom. The SMILES string of the molecule is c1ccc(-c2ccc(N(c3ccc(-c4ccc5c(c4)sc4ccccc45)c(-c4ccccc4)c3)c3cccc4c3oc3ccccc34)cc2)cc1. The van der Waals surface area contributed by atoms with Crippen molar-refractivity contribution in [2.24, 2.45) is 0 Å². The van der Waals surface area contributed by atoms with Gasteiger partial charge in [0.15, 0.2) is 5.58 Å². The van der Waals surface area contributed by atoms with Crippen LogP contribution in [0.5, 0.6) is 0 Å². The molecule has 0 aliphatic carbocycles. The molecule has 8 aromatic carbocycles. The smallest absolute Gasteiger partial charge is 0.159 e. The van der Waals surface area contributed by atoms with Crippen LogP contribution in [0, 0.1) is 0 Å². The Hall–Kier alpha value is -6.42. The van der Waals surface area contributed by atoms with Crippen LogP contribution in [0.1, 0.15) is 0 Å². The number of para-hydroxylation sites is 2. The van der Waals surface area contributed by atoms with Crippen molar-refractivity contribution in [2.75, 3.05) is 4.90 Å². The van der Waals surface area contributed by atoms with Gasteiger partial charge in [0.1, 0.15) is 5.58 Å². The fourth-order valence-corrected chi connectivity index (χ4v) is 8.59. The predicted octanol–water partition coefficient (Wildman–Crippen LogP) is 14.4. The first-order valence-electron chi connectivity index (χ1n) is 17.3. The Balaban J connectivity index is 1.18. The maximum atomic E-state index is 6.63. The summed E-state index contributed by atoms with van der Waals surface area (Å²) in [5.74, 6) is 0. The summed E-state index contributed by atoms with van der Waals surface area (Å²) in [7, 11) is 0. The van der Waals surface area contributed by atoms with Gasteiger partial charge < -0.3 is 9.32 Å². The summed E-state index contributed by atoms with van der Waals surface area (Å²) in [4.78, 5) is 2.34. The minimum Gasteiger partial charge on any atom is -0.454 e. The number of rotatable bonds is 6. The van der Waals surface area contributed by atoms with Crippen molar-refractivity contribution in [3.63, 3.8) is 0 Å². The number of furan rings is 1. The average Bonchev–Trinajstić information content (AvgIpc) is 3.78. The van der Waals surface area contributed by atoms with E-state index in [4.69, 9.17) is 4.42 Å². The zero-order valence-electron chi connectivity index (χ0n) is 27.7. The highest BCUT2D eigenvalue weighted by Crippen LogP contribution is 2.45. The van der Waals surface area contributed by atoms with Crippen molar-refractivity contribution >= 4 is 70.5 Å². The average molecular weight is 670 g/mol. The van der Waals surface area contributed by atoms with Gasteiger partial charge in [0.2, 0.25) is 0 Å². The zero-order valence-corrected chi connectivity index (χ0v) is 28.5. The third-order valence-electron chi connectivity index (χ3n) is 9.89. The zero-order chi connectivity index (χ0) is 33.7. The molecular formula is C48H31NOS. The van der Waals surface area contributed by atoms with E-state index in [2.05, 4.69) is 181 Å². The molecule has 0 spiro atoms. The second-order valence-corrected chi connectivity index (χ2v) is 14.0. The molecule has 0 unspecified atom stereocenters. The van der Waals surface area contributed by atoms with Gasteiger partial charge in [0, 0.05) is 42.3 Å². The maximum Gasteiger partial charge on any atom is 0.159 e. The minimum atomic E-state index is 0.867. The van der Waals surface area contributed by atoms with Crippen LogP contribution in [-0.2, 0) is 0 Å². The van der Waals surface area contributed by atoms with Crippen LogP contribution in [0.4, 0.5) is 17.1 Å². The van der Waals surface area contributed by atoms with E-state index in [-0.39, 0.29) is 0 Å². The first-order valence-corrected chi connectivity index (χ1v) is 18.1. The Morgan fingerprint density at radius 1 is 0.373 bits per heavy atom. The summed E-state index contributed by atoms with van der Waals surface area (Å²) >= 11 is 1.86. The molecule has 2 aromatic heterocycles. The van der Waals surface area contributed by atoms with Gasteiger partial charge in [-0.05, 0) is 81.9 Å². The molecule has 0 saturated heterocycles. The van der Waals surface area contributed by atoms with Gasteiger partial charge in [-0.15, -0.1) is 11.3 Å². The predicted molar refractivity (Wildman–Crippen MR) is 218 cm³/mol. The Labute approximate surface area is 300 Å². The molecule has 0 aliphatic rings. The first-order chi connectivity index (χ1) is 25.3. The lowest BCUT2D eigenvalue weighted by atomic mass is 9.93. The van der Waals surface area contributed by atoms with Gasteiger partial charge in [-0.25, -0.2) is 0 Å². The van der Waals surface area contributed by atoms with E-state index in [0.29, 0.717) is 0 Å². The molecule has 3 heteroatoms. The number of thiophene rings is 1. The van der Waals surface area contributed by atoms with Crippen LogP contribution in [0.25, 0.3) is 75.5 Å². The fourth-order valence-electron chi connectivity index (χ4n) is 7.44. The summed E-state index contributed by atoms with van der Waals surface area (Å²) in [6.45, 7) is 0. The summed E-state index contributed by atoms with van der Waals surface area (Å²) in [5, 5.41) is 4.84. The van der Waals surface area contributed by atoms with E-state index in [1.165, 1.54) is 53.6 Å². The van der Waals surface area contributed by atoms with Crippen LogP contribution >= 0.6 is 11.3 Å². The number of anilines is 3. The molecule has 0 radical (unpaired) electrons. The van der Waals surface area contributed by atoms with Crippen LogP contribution in [-0.4, -0.2) is 0 Å². The third-order valence-corrected chi connectivity index (χ3v) is 11.0. The van der Waals surface area contributed by atoms with Crippen molar-refractivity contribution in [1.82, 2.24) is 0 Å². The summed E-state index contributed by atoms with van der Waals surface area (Å²) in [6.07, 6.45) is 0. The molecule has 0 amide bonds. The van der Waals surface area contributed by atoms with E-state index in [1.807, 2.05) is 23.5 Å². The van der Waals surface area contributed by atoms with Gasteiger partial charge in [0.05, 0.1) is 5.69 Å². The highest BCUT2D eigenvalue weighted by Gasteiger charge is 2.21. The van der Waals surface area contributed by atoms with Gasteiger partial charge in [-0.2, -0.15) is 0 Å². The van der Waals surface area contributed by atoms with Crippen molar-refractivity contribution in [2.45, 2.75) is 0 Å². The standard InChI is InChI=1S/C48H31NOS/c1-3-12-32(13-4-1)33-22-25-36(26-23-33)49(44-19-11-18-42-39-16-7-9-20-45(39)50-48(42)44)37-27-29-38(43(31-37)34-14-5-2-6-15-34)35-24-28-41-40-17-8-10-21-46(40)51-47(41)30-35/h1-31H. The number of benzene rings is 8. The van der Waals surface area contributed by atoms with Crippen molar-refractivity contribution < 1.29 is 4.42 Å². The first kappa shape index (κ1) is 29.5. The molecule has 0 atom stereocenters. The van der Waals surface area contributed by atoms with E-state index >= 15 is 0 Å². The quantitative estimate of drug-likeness (QED) is 0.175. The van der Waals surface area contributed by atoms with Gasteiger partial charge in [-0.3, -0.25) is 0 Å². The number of hydrogen-bond acceptors (Lipinski definition) is 3. The lowest BCUT2D eigenvalue weighted by molar-refractivity contribution is 0.669. The number of hydrogen-bond donors (Lipinski definition) is 0. The monoisotopic (exact) mass is 669 g/mol. The molecule has 10 rings (SSSR count). The highest BCUT2D eigenvalue weighted by molar-refractivity contribution is 7.25. The normalized spacial score (nSPS) is 11.5. The molecule has 51 heavy (non-hydrogen) atoms. The molecular weight excluding hydrogens is 639 g/mol. The molecule has 2 nitrogen and oxygen atoms in total. The molecule has 2 heterocycles. The lowest BCUT2D eigenvalue weighted by Gasteiger charge is -2.27. The van der Waals surface area contributed by atoms with Gasteiger partial charge in [-0.1, -0.05) is 140 Å². The molecule has 0 N–H and O–H groups in total. The van der Waals surface area contributed by atoms with E-state index in [9.17, 15) is 0 Å². The topological polar surface area (TPSA) is 16.4 Å². The molecule has 0 bridgehead atoms. The second kappa shape index (κ2) is 12.2. The van der Waals surface area contributed by atoms with Crippen molar-refractivity contribution in [1.29, 1.82) is 0 Å². The van der Waals surface area contributed by atoms with E-state index < -0.39 is 0 Å². The highest BCUT2D eigenvalue weighted by atomic mass is 32.1. The Morgan fingerprint density at radius 3 is 1.82 bits per heavy atom. The Bertz CT molecular complexity index is 2850. The largest absolute Gasteiger partial charge is 0.454 e. The van der Waals surface area contributed by atoms with Crippen LogP contribution < -0.4 is 4.90 Å². The molecule has 240 valence electrons. The third kappa shape index (κ3) is 5.10. The maximum absolute atomic E-state index is 6.63. The fraction of sp³-hybridized carbons (Fsp3) is 0. The van der Waals surface area contributed by atoms with Crippen LogP contribution in [0.2, 0.25) is 0 Å². The second-order valence-electron chi connectivity index (χ2n) is 12.9. The van der Waals surface area contributed by atoms with Crippen molar-refractivity contribution in [3.05, 3.63) is 188 Å². The summed E-state index contributed by atoms with van der Waals surface area (Å²) in [5.41, 5.74) is 12.0. The summed E-state index contributed by atoms with van der Waals surface area (Å²) < 4.78 is 9.25. The minimum absolute atomic E-state index is 0.867. The van der Waals surface area contributed by atoms with Gasteiger partial charge in [0.25, 0.3) is 0 Å². The molecule has 10 aromatic rings. The van der Waals surface area contributed by atoms with Crippen LogP contribution in [0.3, 0.4) is 0 Å². The number of fused-ring (bicyclic) bond motifs is 6. The van der Waals surface area contributed by atoms with Crippen molar-refractivity contribution in [3.8, 4) is 33.4 Å². The lowest BCUT2D eigenvalue weighted by Crippen LogP contribution is -2.10. The number of nitrogens with zero attached hydrogens (tertiary/aromatic N) is 1. The van der Waals surface area contributed by atoms with Crippen LogP contribution in [0.15, 0.2) is 192 Å². The summed E-state index contributed by atoms with van der Waals surface area (Å²) in [6, 6.07) is 67.4. The molecule has 0 aliphatic heterocycles. The Kier molecular flexibility index (Phi) is 7.04. The van der Waals surface area contributed by atoms with E-state index in [1.54, 1.807) is 0 Å².